The van der Waals surface area contributed by atoms with E-state index < -0.39 is 19.6 Å². The zero-order chi connectivity index (χ0) is 19.7. The van der Waals surface area contributed by atoms with Crippen molar-refractivity contribution >= 4 is 26.3 Å². The molecule has 11 heteroatoms. The number of hydrogen-bond acceptors (Lipinski definition) is 8. The molecule has 1 aromatic heterocycles. The van der Waals surface area contributed by atoms with E-state index in [0.717, 1.165) is 5.56 Å². The van der Waals surface area contributed by atoms with Crippen LogP contribution in [0.5, 0.6) is 5.75 Å². The van der Waals surface area contributed by atoms with Gasteiger partial charge in [-0.1, -0.05) is 18.2 Å². The Hall–Kier alpha value is -2.10. The number of carbonyl (C=O) groups is 1. The van der Waals surface area contributed by atoms with Gasteiger partial charge in [-0.25, -0.2) is 4.57 Å². The predicted molar refractivity (Wildman–Crippen MR) is 99.8 cm³/mol. The maximum Gasteiger partial charge on any atom is 0.530 e. The highest BCUT2D eigenvalue weighted by Crippen LogP contribution is 2.54. The van der Waals surface area contributed by atoms with Gasteiger partial charge in [0.15, 0.2) is 11.1 Å². The molecule has 3 unspecified atom stereocenters. The second kappa shape index (κ2) is 7.73. The summed E-state index contributed by atoms with van der Waals surface area (Å²) in [6.07, 6.45) is 2.19. The van der Waals surface area contributed by atoms with Crippen LogP contribution >= 0.6 is 20.0 Å². The van der Waals surface area contributed by atoms with E-state index in [-0.39, 0.29) is 29.7 Å². The summed E-state index contributed by atoms with van der Waals surface area (Å²) in [5.41, 5.74) is 0.219. The van der Waals surface area contributed by atoms with Crippen molar-refractivity contribution < 1.29 is 27.7 Å². The largest absolute Gasteiger partial charge is 0.530 e. The smallest absolute Gasteiger partial charge is 0.404 e. The maximum absolute atomic E-state index is 12.7. The van der Waals surface area contributed by atoms with E-state index in [9.17, 15) is 14.2 Å². The number of fused-ring (bicyclic) bond motifs is 1. The Kier molecular flexibility index (Phi) is 5.31. The highest BCUT2D eigenvalue weighted by Gasteiger charge is 2.36. The van der Waals surface area contributed by atoms with Crippen LogP contribution in [0.4, 0.5) is 0 Å². The number of rotatable bonds is 5. The molecule has 1 aromatic carbocycles. The van der Waals surface area contributed by atoms with E-state index in [1.807, 2.05) is 12.1 Å². The summed E-state index contributed by atoms with van der Waals surface area (Å²) in [5.74, 6) is 0.475. The zero-order valence-corrected chi connectivity index (χ0v) is 16.3. The quantitative estimate of drug-likeness (QED) is 0.443. The molecule has 3 atom stereocenters. The van der Waals surface area contributed by atoms with Crippen LogP contribution in [0.25, 0.3) is 0 Å². The molecule has 0 radical (unpaired) electrons. The van der Waals surface area contributed by atoms with E-state index in [4.69, 9.17) is 30.5 Å². The monoisotopic (exact) mass is 424 g/mol. The summed E-state index contributed by atoms with van der Waals surface area (Å²) >= 11 is 5.14. The van der Waals surface area contributed by atoms with Crippen LogP contribution in [0.15, 0.2) is 35.3 Å². The Morgan fingerprint density at radius 1 is 1.36 bits per heavy atom. The highest BCUT2D eigenvalue weighted by molar-refractivity contribution is 7.71. The number of phosphoric acid groups is 1. The summed E-state index contributed by atoms with van der Waals surface area (Å²) in [7, 11) is -3.72. The first-order valence-electron chi connectivity index (χ1n) is 8.60. The van der Waals surface area contributed by atoms with Crippen molar-refractivity contribution in [3.05, 3.63) is 56.7 Å². The van der Waals surface area contributed by atoms with E-state index >= 15 is 0 Å². The molecule has 3 heterocycles. The lowest BCUT2D eigenvalue weighted by atomic mass is 10.2. The van der Waals surface area contributed by atoms with Gasteiger partial charge in [0.05, 0.1) is 24.9 Å². The fourth-order valence-corrected chi connectivity index (χ4v) is 4.57. The number of aromatic nitrogens is 2. The third-order valence-electron chi connectivity index (χ3n) is 4.50. The number of aldehydes is 1. The van der Waals surface area contributed by atoms with Crippen molar-refractivity contribution in [3.8, 4) is 5.75 Å². The molecule has 9 nitrogen and oxygen atoms in total. The number of nitrogens with one attached hydrogen (secondary N) is 1. The Morgan fingerprint density at radius 2 is 2.18 bits per heavy atom. The fraction of sp³-hybridized carbons (Fsp3) is 0.353. The normalized spacial score (nSPS) is 26.4. The Labute approximate surface area is 164 Å². The molecule has 1 N–H and O–H groups in total. The third kappa shape index (κ3) is 3.87. The Bertz CT molecular complexity index is 1070. The Balaban J connectivity index is 1.40. The topological polar surface area (TPSA) is 109 Å². The number of para-hydroxylation sites is 1. The summed E-state index contributed by atoms with van der Waals surface area (Å²) in [4.78, 5) is 25.0. The van der Waals surface area contributed by atoms with Gasteiger partial charge in [0.25, 0.3) is 5.56 Å². The van der Waals surface area contributed by atoms with Gasteiger partial charge in [-0.15, -0.1) is 0 Å². The van der Waals surface area contributed by atoms with E-state index in [1.54, 1.807) is 12.1 Å². The maximum atomic E-state index is 12.7. The van der Waals surface area contributed by atoms with Gasteiger partial charge < -0.3 is 9.26 Å². The molecule has 4 rings (SSSR count). The number of H-pyrrole nitrogens is 1. The highest BCUT2D eigenvalue weighted by atomic mass is 32.1. The van der Waals surface area contributed by atoms with Crippen LogP contribution in [0.2, 0.25) is 0 Å². The SMILES string of the molecule is O=Cc1cn(C2CCC(COP3(=O)OCc4ccccc4O3)O2)c(=S)[nH]c1=O. The first kappa shape index (κ1) is 19.2. The number of carbonyl (C=O) groups excluding carboxylic acids is 1. The molecule has 2 aliphatic rings. The molecular weight excluding hydrogens is 407 g/mol. The zero-order valence-electron chi connectivity index (χ0n) is 14.6. The van der Waals surface area contributed by atoms with Crippen LogP contribution in [0.3, 0.4) is 0 Å². The fourth-order valence-electron chi connectivity index (χ4n) is 3.06. The van der Waals surface area contributed by atoms with Gasteiger partial charge >= 0.3 is 7.82 Å². The molecule has 0 amide bonds. The Morgan fingerprint density at radius 3 is 3.00 bits per heavy atom. The summed E-state index contributed by atoms with van der Waals surface area (Å²) in [6, 6.07) is 7.15. The van der Waals surface area contributed by atoms with Crippen molar-refractivity contribution in [2.75, 3.05) is 6.61 Å². The first-order chi connectivity index (χ1) is 13.5. The molecule has 1 saturated heterocycles. The average Bonchev–Trinajstić information content (AvgIpc) is 3.15. The second-order valence-corrected chi connectivity index (χ2v) is 8.35. The minimum atomic E-state index is -3.72. The van der Waals surface area contributed by atoms with Crippen molar-refractivity contribution in [3.63, 3.8) is 0 Å². The second-order valence-electron chi connectivity index (χ2n) is 6.37. The molecule has 0 aliphatic carbocycles. The van der Waals surface area contributed by atoms with Crippen molar-refractivity contribution in [2.45, 2.75) is 31.8 Å². The molecule has 28 heavy (non-hydrogen) atoms. The van der Waals surface area contributed by atoms with E-state index in [0.29, 0.717) is 24.9 Å². The lowest BCUT2D eigenvalue weighted by Crippen LogP contribution is -2.22. The van der Waals surface area contributed by atoms with Crippen LogP contribution in [0.1, 0.15) is 35.0 Å². The molecule has 0 spiro atoms. The van der Waals surface area contributed by atoms with Gasteiger partial charge in [-0.2, -0.15) is 0 Å². The molecule has 148 valence electrons. The number of ether oxygens (including phenoxy) is 1. The van der Waals surface area contributed by atoms with Gasteiger partial charge in [-0.3, -0.25) is 28.2 Å². The lowest BCUT2D eigenvalue weighted by molar-refractivity contribution is -0.0256. The third-order valence-corrected chi connectivity index (χ3v) is 6.14. The minimum absolute atomic E-state index is 0.00710. The van der Waals surface area contributed by atoms with Gasteiger partial charge in [0, 0.05) is 11.8 Å². The van der Waals surface area contributed by atoms with Crippen LogP contribution in [0, 0.1) is 4.77 Å². The van der Waals surface area contributed by atoms with Crippen LogP contribution in [-0.2, 0) is 25.0 Å². The average molecular weight is 424 g/mol. The van der Waals surface area contributed by atoms with Crippen molar-refractivity contribution in [1.29, 1.82) is 0 Å². The van der Waals surface area contributed by atoms with E-state index in [1.165, 1.54) is 10.8 Å². The predicted octanol–water partition coefficient (Wildman–Crippen LogP) is 3.13. The van der Waals surface area contributed by atoms with Gasteiger partial charge in [0.1, 0.15) is 12.0 Å². The number of phosphoric ester groups is 1. The minimum Gasteiger partial charge on any atom is -0.404 e. The molecule has 0 bridgehead atoms. The summed E-state index contributed by atoms with van der Waals surface area (Å²) < 4.78 is 36.3. The lowest BCUT2D eigenvalue weighted by Gasteiger charge is -2.25. The summed E-state index contributed by atoms with van der Waals surface area (Å²) in [5, 5.41) is 0. The number of nitrogens with zero attached hydrogens (tertiary/aromatic N) is 1. The van der Waals surface area contributed by atoms with E-state index in [2.05, 4.69) is 4.98 Å². The molecule has 0 saturated carbocycles. The summed E-state index contributed by atoms with van der Waals surface area (Å²) in [6.45, 7) is 0.149. The molecule has 2 aliphatic heterocycles. The van der Waals surface area contributed by atoms with Crippen molar-refractivity contribution in [1.82, 2.24) is 9.55 Å². The number of benzene rings is 1. The number of hydrogen-bond donors (Lipinski definition) is 1. The number of aromatic amines is 1. The van der Waals surface area contributed by atoms with Crippen LogP contribution < -0.4 is 10.1 Å². The molecule has 1 fully saturated rings. The first-order valence-corrected chi connectivity index (χ1v) is 10.5. The molecular formula is C17H17N2O7PS. The van der Waals surface area contributed by atoms with Crippen molar-refractivity contribution in [2.24, 2.45) is 0 Å². The van der Waals surface area contributed by atoms with Gasteiger partial charge in [-0.05, 0) is 31.1 Å². The molecule has 2 aromatic rings. The van der Waals surface area contributed by atoms with Gasteiger partial charge in [0.2, 0.25) is 0 Å². The van der Waals surface area contributed by atoms with Crippen LogP contribution in [-0.4, -0.2) is 28.5 Å². The standard InChI is InChI=1S/C17H17N2O7PS/c20-8-12-7-19(17(28)18-16(12)21)15-6-5-13(25-15)10-24-27(22)23-9-11-3-1-2-4-14(11)26-27/h1-4,7-8,13,15H,5-6,9-10H2,(H,18,21,28).